The lowest BCUT2D eigenvalue weighted by Gasteiger charge is -2.17. The molecule has 0 heterocycles. The summed E-state index contributed by atoms with van der Waals surface area (Å²) >= 11 is 0. The first-order valence-electron chi connectivity index (χ1n) is 3.47. The maximum atomic E-state index is 11.8. The van der Waals surface area contributed by atoms with E-state index in [9.17, 15) is 4.53 Å². The lowest BCUT2D eigenvalue weighted by atomic mass is 10.0. The second-order valence-corrected chi connectivity index (χ2v) is 2.51. The molecule has 1 atom stereocenters. The highest BCUT2D eigenvalue weighted by molar-refractivity contribution is 5.25. The van der Waals surface area contributed by atoms with Crippen LogP contribution < -0.4 is 0 Å². The smallest absolute Gasteiger partial charge is 0.159 e. The molecule has 0 radical (unpaired) electrons. The predicted molar refractivity (Wildman–Crippen MR) is 39.4 cm³/mol. The van der Waals surface area contributed by atoms with Crippen LogP contribution in [0.5, 0.6) is 0 Å². The zero-order valence-corrected chi connectivity index (χ0v) is 6.63. The van der Waals surface area contributed by atoms with Crippen molar-refractivity contribution in [2.75, 3.05) is 7.11 Å². The van der Waals surface area contributed by atoms with Gasteiger partial charge in [0.15, 0.2) is 6.10 Å². The molecule has 0 saturated carbocycles. The molecule has 1 aliphatic carbocycles. The molecule has 0 bridgehead atoms. The Morgan fingerprint density at radius 2 is 2.36 bits per heavy atom. The normalized spacial score (nSPS) is 24.1. The molecule has 0 amide bonds. The maximum Gasteiger partial charge on any atom is 0.159 e. The molecule has 0 fully saturated rings. The number of methoxy groups -OCH3 is 1. The Balaban J connectivity index is 2.71. The molecule has 0 saturated heterocycles. The van der Waals surface area contributed by atoms with Gasteiger partial charge in [0.05, 0.1) is 7.11 Å². The number of ether oxygens (including phenoxy) is 1. The SMILES string of the molecule is COC1=CC(C)=CCC1OF. The van der Waals surface area contributed by atoms with Gasteiger partial charge in [-0.2, -0.15) is 4.94 Å². The highest BCUT2D eigenvalue weighted by atomic mass is 19.3. The van der Waals surface area contributed by atoms with Gasteiger partial charge in [0.1, 0.15) is 5.76 Å². The summed E-state index contributed by atoms with van der Waals surface area (Å²) in [6, 6.07) is 0. The zero-order valence-electron chi connectivity index (χ0n) is 6.63. The molecule has 62 valence electrons. The first kappa shape index (κ1) is 8.27. The van der Waals surface area contributed by atoms with Gasteiger partial charge in [0, 0.05) is 6.42 Å². The van der Waals surface area contributed by atoms with Gasteiger partial charge in [-0.3, -0.25) is 0 Å². The minimum atomic E-state index is -0.552. The molecule has 0 spiro atoms. The van der Waals surface area contributed by atoms with E-state index in [0.717, 1.165) is 5.57 Å². The summed E-state index contributed by atoms with van der Waals surface area (Å²) in [4.78, 5) is 3.71. The zero-order chi connectivity index (χ0) is 8.27. The van der Waals surface area contributed by atoms with E-state index in [1.807, 2.05) is 13.0 Å². The molecule has 0 aliphatic heterocycles. The molecule has 1 unspecified atom stereocenters. The molecular weight excluding hydrogens is 147 g/mol. The second kappa shape index (κ2) is 3.53. The van der Waals surface area contributed by atoms with Crippen LogP contribution in [0.2, 0.25) is 0 Å². The molecule has 3 heteroatoms. The van der Waals surface area contributed by atoms with Crippen LogP contribution in [0, 0.1) is 0 Å². The van der Waals surface area contributed by atoms with Crippen LogP contribution in [-0.4, -0.2) is 13.2 Å². The molecule has 11 heavy (non-hydrogen) atoms. The summed E-state index contributed by atoms with van der Waals surface area (Å²) in [5.41, 5.74) is 1.08. The van der Waals surface area contributed by atoms with Gasteiger partial charge in [-0.1, -0.05) is 11.6 Å². The molecule has 0 aromatic heterocycles. The maximum absolute atomic E-state index is 11.8. The number of allylic oxidation sites excluding steroid dienone is 2. The van der Waals surface area contributed by atoms with Crippen LogP contribution in [0.4, 0.5) is 4.53 Å². The van der Waals surface area contributed by atoms with Crippen molar-refractivity contribution in [3.05, 3.63) is 23.5 Å². The fourth-order valence-electron chi connectivity index (χ4n) is 1.06. The molecule has 0 N–H and O–H groups in total. The van der Waals surface area contributed by atoms with Crippen molar-refractivity contribution in [3.63, 3.8) is 0 Å². The molecule has 2 nitrogen and oxygen atoms in total. The van der Waals surface area contributed by atoms with Crippen molar-refractivity contribution in [2.45, 2.75) is 19.4 Å². The van der Waals surface area contributed by atoms with Gasteiger partial charge in [0.2, 0.25) is 0 Å². The van der Waals surface area contributed by atoms with Crippen LogP contribution in [0.1, 0.15) is 13.3 Å². The van der Waals surface area contributed by atoms with Gasteiger partial charge in [0.25, 0.3) is 0 Å². The number of hydrogen-bond donors (Lipinski definition) is 0. The van der Waals surface area contributed by atoms with Crippen LogP contribution in [0.25, 0.3) is 0 Å². The van der Waals surface area contributed by atoms with E-state index in [-0.39, 0.29) is 0 Å². The fraction of sp³-hybridized carbons (Fsp3) is 0.500. The van der Waals surface area contributed by atoms with E-state index < -0.39 is 6.10 Å². The lowest BCUT2D eigenvalue weighted by Crippen LogP contribution is -2.15. The highest BCUT2D eigenvalue weighted by Gasteiger charge is 2.18. The van der Waals surface area contributed by atoms with Crippen molar-refractivity contribution in [1.29, 1.82) is 0 Å². The Bertz CT molecular complexity index is 196. The van der Waals surface area contributed by atoms with E-state index in [1.54, 1.807) is 6.08 Å². The molecule has 0 aromatic carbocycles. The van der Waals surface area contributed by atoms with E-state index in [4.69, 9.17) is 4.74 Å². The predicted octanol–water partition coefficient (Wildman–Crippen LogP) is 2.14. The van der Waals surface area contributed by atoms with Gasteiger partial charge in [-0.15, -0.1) is 0 Å². The third-order valence-electron chi connectivity index (χ3n) is 1.68. The van der Waals surface area contributed by atoms with Crippen LogP contribution in [0.3, 0.4) is 0 Å². The fourth-order valence-corrected chi connectivity index (χ4v) is 1.06. The number of rotatable bonds is 2. The Morgan fingerprint density at radius 3 is 2.91 bits per heavy atom. The molecule has 0 aromatic rings. The highest BCUT2D eigenvalue weighted by Crippen LogP contribution is 2.20. The standard InChI is InChI=1S/C8H11FO2/c1-6-3-4-7(11-9)8(5-6)10-2/h3,5,7H,4H2,1-2H3. The van der Waals surface area contributed by atoms with E-state index >= 15 is 0 Å². The van der Waals surface area contributed by atoms with Crippen molar-refractivity contribution in [3.8, 4) is 0 Å². The quantitative estimate of drug-likeness (QED) is 0.613. The lowest BCUT2D eigenvalue weighted by molar-refractivity contribution is -0.175. The third-order valence-corrected chi connectivity index (χ3v) is 1.68. The van der Waals surface area contributed by atoms with Gasteiger partial charge < -0.3 is 4.74 Å². The van der Waals surface area contributed by atoms with Crippen LogP contribution in [0.15, 0.2) is 23.5 Å². The first-order valence-corrected chi connectivity index (χ1v) is 3.47. The molecule has 1 aliphatic rings. The van der Waals surface area contributed by atoms with Crippen molar-refractivity contribution < 1.29 is 14.2 Å². The number of halogens is 1. The monoisotopic (exact) mass is 158 g/mol. The first-order chi connectivity index (χ1) is 5.27. The molecular formula is C8H11FO2. The largest absolute Gasteiger partial charge is 0.498 e. The molecule has 1 rings (SSSR count). The van der Waals surface area contributed by atoms with E-state index in [0.29, 0.717) is 12.2 Å². The second-order valence-electron chi connectivity index (χ2n) is 2.51. The summed E-state index contributed by atoms with van der Waals surface area (Å²) in [6.07, 6.45) is 3.67. The summed E-state index contributed by atoms with van der Waals surface area (Å²) in [5.74, 6) is 0.549. The Morgan fingerprint density at radius 1 is 1.64 bits per heavy atom. The van der Waals surface area contributed by atoms with E-state index in [1.165, 1.54) is 7.11 Å². The third kappa shape index (κ3) is 1.80. The Labute approximate surface area is 65.2 Å². The summed E-state index contributed by atoms with van der Waals surface area (Å²) in [5, 5.41) is 0. The average Bonchev–Trinajstić information content (AvgIpc) is 2.04. The van der Waals surface area contributed by atoms with Crippen LogP contribution >= 0.6 is 0 Å². The topological polar surface area (TPSA) is 18.5 Å². The van der Waals surface area contributed by atoms with Crippen molar-refractivity contribution in [2.24, 2.45) is 0 Å². The summed E-state index contributed by atoms with van der Waals surface area (Å²) < 4.78 is 16.7. The summed E-state index contributed by atoms with van der Waals surface area (Å²) in [6.45, 7) is 1.94. The Hall–Kier alpha value is -0.830. The number of hydrogen-bond acceptors (Lipinski definition) is 2. The Kier molecular flexibility index (Phi) is 2.65. The van der Waals surface area contributed by atoms with Gasteiger partial charge in [-0.05, 0) is 17.5 Å². The van der Waals surface area contributed by atoms with Gasteiger partial charge in [-0.25, -0.2) is 0 Å². The van der Waals surface area contributed by atoms with Crippen LogP contribution in [-0.2, 0) is 9.68 Å². The summed E-state index contributed by atoms with van der Waals surface area (Å²) in [7, 11) is 1.51. The van der Waals surface area contributed by atoms with E-state index in [2.05, 4.69) is 4.94 Å². The minimum Gasteiger partial charge on any atom is -0.498 e. The van der Waals surface area contributed by atoms with Crippen molar-refractivity contribution in [1.82, 2.24) is 0 Å². The van der Waals surface area contributed by atoms with Gasteiger partial charge >= 0.3 is 0 Å². The van der Waals surface area contributed by atoms with Crippen molar-refractivity contribution >= 4 is 0 Å². The minimum absolute atomic E-state index is 0.544. The average molecular weight is 158 g/mol.